The number of ether oxygens (including phenoxy) is 1. The Bertz CT molecular complexity index is 964. The summed E-state index contributed by atoms with van der Waals surface area (Å²) in [7, 11) is 0. The van der Waals surface area contributed by atoms with Gasteiger partial charge in [0.2, 0.25) is 11.8 Å². The molecule has 2 atom stereocenters. The number of morpholine rings is 1. The standard InChI is InChI=1S/C27H35N3O3S/c1-20-4-6-22(7-5-20)30-25(31)19-23(26(30)24-3-2-18-34-24)27(32)29-12-9-21(10-13-29)8-11-28-14-16-33-17-15-28/h2-7,18,21,23,26H,8-17,19H2,1H3. The van der Waals surface area contributed by atoms with E-state index in [0.717, 1.165) is 74.9 Å². The van der Waals surface area contributed by atoms with Gasteiger partial charge in [-0.3, -0.25) is 14.5 Å². The third-order valence-electron chi connectivity index (χ3n) is 7.67. The summed E-state index contributed by atoms with van der Waals surface area (Å²) < 4.78 is 5.45. The lowest BCUT2D eigenvalue weighted by Crippen LogP contribution is -2.44. The third kappa shape index (κ3) is 5.07. The molecule has 2 aromatic rings. The molecule has 2 unspecified atom stereocenters. The van der Waals surface area contributed by atoms with E-state index in [1.807, 2.05) is 52.4 Å². The van der Waals surface area contributed by atoms with E-state index >= 15 is 0 Å². The highest BCUT2D eigenvalue weighted by atomic mass is 32.1. The van der Waals surface area contributed by atoms with Crippen LogP contribution >= 0.6 is 11.3 Å². The maximum absolute atomic E-state index is 13.7. The van der Waals surface area contributed by atoms with Gasteiger partial charge in [-0.1, -0.05) is 23.8 Å². The SMILES string of the molecule is Cc1ccc(N2C(=O)CC(C(=O)N3CCC(CCN4CCOCC4)CC3)C2c2cccs2)cc1. The van der Waals surface area contributed by atoms with Gasteiger partial charge in [0.05, 0.1) is 25.2 Å². The zero-order valence-electron chi connectivity index (χ0n) is 20.0. The number of piperidine rings is 1. The van der Waals surface area contributed by atoms with Crippen molar-refractivity contribution in [2.45, 2.75) is 38.6 Å². The first-order valence-electron chi connectivity index (χ1n) is 12.6. The quantitative estimate of drug-likeness (QED) is 0.623. The van der Waals surface area contributed by atoms with Crippen LogP contribution in [-0.4, -0.2) is 67.6 Å². The summed E-state index contributed by atoms with van der Waals surface area (Å²) in [5, 5.41) is 2.03. The van der Waals surface area contributed by atoms with Gasteiger partial charge in [-0.25, -0.2) is 0 Å². The van der Waals surface area contributed by atoms with Crippen LogP contribution in [0.1, 0.15) is 42.2 Å². The molecule has 7 heteroatoms. The molecule has 0 spiro atoms. The topological polar surface area (TPSA) is 53.1 Å². The van der Waals surface area contributed by atoms with Gasteiger partial charge in [0.15, 0.2) is 0 Å². The molecular formula is C27H35N3O3S. The van der Waals surface area contributed by atoms with Crippen LogP contribution < -0.4 is 4.90 Å². The second-order valence-corrected chi connectivity index (χ2v) is 10.9. The average Bonchev–Trinajstić information content (AvgIpc) is 3.52. The second-order valence-electron chi connectivity index (χ2n) is 9.88. The molecule has 2 amide bonds. The molecule has 0 bridgehead atoms. The molecular weight excluding hydrogens is 446 g/mol. The van der Waals surface area contributed by atoms with E-state index in [1.165, 1.54) is 6.42 Å². The molecule has 0 saturated carbocycles. The molecule has 1 aromatic heterocycles. The maximum atomic E-state index is 13.7. The predicted molar refractivity (Wildman–Crippen MR) is 135 cm³/mol. The van der Waals surface area contributed by atoms with Gasteiger partial charge in [0.1, 0.15) is 0 Å². The summed E-state index contributed by atoms with van der Waals surface area (Å²) >= 11 is 1.63. The highest BCUT2D eigenvalue weighted by molar-refractivity contribution is 7.10. The van der Waals surface area contributed by atoms with Crippen LogP contribution in [0.2, 0.25) is 0 Å². The molecule has 3 saturated heterocycles. The van der Waals surface area contributed by atoms with Crippen molar-refractivity contribution in [2.75, 3.05) is 50.8 Å². The van der Waals surface area contributed by atoms with E-state index in [9.17, 15) is 9.59 Å². The molecule has 1 aromatic carbocycles. The van der Waals surface area contributed by atoms with Crippen molar-refractivity contribution in [1.29, 1.82) is 0 Å². The van der Waals surface area contributed by atoms with Crippen molar-refractivity contribution < 1.29 is 14.3 Å². The van der Waals surface area contributed by atoms with Gasteiger partial charge in [0, 0.05) is 43.2 Å². The molecule has 0 N–H and O–H groups in total. The lowest BCUT2D eigenvalue weighted by Gasteiger charge is -2.36. The Balaban J connectivity index is 1.25. The first kappa shape index (κ1) is 23.5. The number of benzene rings is 1. The smallest absolute Gasteiger partial charge is 0.228 e. The number of amides is 2. The molecule has 4 heterocycles. The predicted octanol–water partition coefficient (Wildman–Crippen LogP) is 4.11. The zero-order valence-corrected chi connectivity index (χ0v) is 20.8. The number of carbonyl (C=O) groups is 2. The van der Waals surface area contributed by atoms with E-state index in [4.69, 9.17) is 4.74 Å². The van der Waals surface area contributed by atoms with Crippen molar-refractivity contribution in [2.24, 2.45) is 11.8 Å². The summed E-state index contributed by atoms with van der Waals surface area (Å²) in [4.78, 5) is 34.4. The average molecular weight is 482 g/mol. The highest BCUT2D eigenvalue weighted by Crippen LogP contribution is 2.44. The minimum Gasteiger partial charge on any atom is -0.379 e. The molecule has 3 fully saturated rings. The van der Waals surface area contributed by atoms with Gasteiger partial charge in [-0.05, 0) is 62.2 Å². The number of nitrogens with zero attached hydrogens (tertiary/aromatic N) is 3. The molecule has 3 aliphatic heterocycles. The number of rotatable bonds is 6. The minimum atomic E-state index is -0.322. The summed E-state index contributed by atoms with van der Waals surface area (Å²) in [5.41, 5.74) is 2.04. The van der Waals surface area contributed by atoms with Crippen molar-refractivity contribution in [3.05, 3.63) is 52.2 Å². The third-order valence-corrected chi connectivity index (χ3v) is 8.61. The largest absolute Gasteiger partial charge is 0.379 e. The second kappa shape index (κ2) is 10.6. The van der Waals surface area contributed by atoms with Gasteiger partial charge in [0.25, 0.3) is 0 Å². The van der Waals surface area contributed by atoms with Crippen molar-refractivity contribution >= 4 is 28.8 Å². The normalized spacial score (nSPS) is 24.7. The summed E-state index contributed by atoms with van der Waals surface area (Å²) in [6.07, 6.45) is 3.60. The van der Waals surface area contributed by atoms with Crippen LogP contribution in [-0.2, 0) is 14.3 Å². The lowest BCUT2D eigenvalue weighted by atomic mass is 9.91. The molecule has 0 aliphatic carbocycles. The van der Waals surface area contributed by atoms with E-state index < -0.39 is 0 Å². The number of thiophene rings is 1. The monoisotopic (exact) mass is 481 g/mol. The van der Waals surface area contributed by atoms with Gasteiger partial charge < -0.3 is 14.5 Å². The zero-order chi connectivity index (χ0) is 23.5. The van der Waals surface area contributed by atoms with Gasteiger partial charge in [-0.15, -0.1) is 11.3 Å². The van der Waals surface area contributed by atoms with Crippen molar-refractivity contribution in [3.63, 3.8) is 0 Å². The first-order valence-corrected chi connectivity index (χ1v) is 13.5. The van der Waals surface area contributed by atoms with Gasteiger partial charge in [-0.2, -0.15) is 0 Å². The van der Waals surface area contributed by atoms with Crippen molar-refractivity contribution in [3.8, 4) is 0 Å². The molecule has 34 heavy (non-hydrogen) atoms. The van der Waals surface area contributed by atoms with Crippen LogP contribution in [0.15, 0.2) is 41.8 Å². The number of carbonyl (C=O) groups excluding carboxylic acids is 2. The van der Waals surface area contributed by atoms with E-state index in [-0.39, 0.29) is 30.2 Å². The molecule has 182 valence electrons. The molecule has 5 rings (SSSR count). The van der Waals surface area contributed by atoms with Crippen LogP contribution in [0, 0.1) is 18.8 Å². The Morgan fingerprint density at radius 2 is 1.79 bits per heavy atom. The van der Waals surface area contributed by atoms with E-state index in [1.54, 1.807) is 11.3 Å². The van der Waals surface area contributed by atoms with E-state index in [0.29, 0.717) is 5.92 Å². The Morgan fingerprint density at radius 3 is 2.47 bits per heavy atom. The lowest BCUT2D eigenvalue weighted by molar-refractivity contribution is -0.138. The summed E-state index contributed by atoms with van der Waals surface area (Å²) in [5.74, 6) is 0.542. The molecule has 6 nitrogen and oxygen atoms in total. The number of hydrogen-bond donors (Lipinski definition) is 0. The number of likely N-dealkylation sites (tertiary alicyclic amines) is 1. The maximum Gasteiger partial charge on any atom is 0.228 e. The van der Waals surface area contributed by atoms with Crippen LogP contribution in [0.25, 0.3) is 0 Å². The Kier molecular flexibility index (Phi) is 7.32. The van der Waals surface area contributed by atoms with Crippen molar-refractivity contribution in [1.82, 2.24) is 9.80 Å². The minimum absolute atomic E-state index is 0.0426. The fourth-order valence-corrected chi connectivity index (χ4v) is 6.50. The Morgan fingerprint density at radius 1 is 1.06 bits per heavy atom. The summed E-state index contributed by atoms with van der Waals surface area (Å²) in [6.45, 7) is 8.55. The van der Waals surface area contributed by atoms with Gasteiger partial charge >= 0.3 is 0 Å². The Labute approximate surface area is 206 Å². The highest BCUT2D eigenvalue weighted by Gasteiger charge is 2.47. The molecule has 0 radical (unpaired) electrons. The van der Waals surface area contributed by atoms with Crippen LogP contribution in [0.4, 0.5) is 5.69 Å². The Hall–Kier alpha value is -2.22. The summed E-state index contributed by atoms with van der Waals surface area (Å²) in [6, 6.07) is 11.9. The number of anilines is 1. The molecule has 3 aliphatic rings. The first-order chi connectivity index (χ1) is 16.6. The van der Waals surface area contributed by atoms with Crippen LogP contribution in [0.5, 0.6) is 0 Å². The number of aryl methyl sites for hydroxylation is 1. The number of hydrogen-bond acceptors (Lipinski definition) is 5. The van der Waals surface area contributed by atoms with E-state index in [2.05, 4.69) is 11.0 Å². The fraction of sp³-hybridized carbons (Fsp3) is 0.556. The van der Waals surface area contributed by atoms with Crippen LogP contribution in [0.3, 0.4) is 0 Å². The fourth-order valence-electron chi connectivity index (χ4n) is 5.62.